The summed E-state index contributed by atoms with van der Waals surface area (Å²) in [7, 11) is 2.53. The fourth-order valence-corrected chi connectivity index (χ4v) is 3.38. The molecule has 0 radical (unpaired) electrons. The minimum Gasteiger partial charge on any atom is -0.437 e. The Bertz CT molecular complexity index is 976. The summed E-state index contributed by atoms with van der Waals surface area (Å²) in [5.74, 6) is 0.785. The topological polar surface area (TPSA) is 71.1 Å². The maximum atomic E-state index is 11.4. The van der Waals surface area contributed by atoms with Crippen molar-refractivity contribution in [1.29, 1.82) is 0 Å². The van der Waals surface area contributed by atoms with E-state index in [2.05, 4.69) is 40.7 Å². The van der Waals surface area contributed by atoms with E-state index in [4.69, 9.17) is 9.47 Å². The van der Waals surface area contributed by atoms with Crippen molar-refractivity contribution < 1.29 is 28.5 Å². The van der Waals surface area contributed by atoms with E-state index < -0.39 is 17.7 Å². The zero-order chi connectivity index (χ0) is 22.4. The van der Waals surface area contributed by atoms with Gasteiger partial charge in [-0.1, -0.05) is 61.5 Å². The molecule has 0 N–H and O–H groups in total. The molecule has 0 amide bonds. The molecule has 6 heteroatoms. The van der Waals surface area contributed by atoms with E-state index in [0.717, 1.165) is 22.3 Å². The monoisotopic (exact) mass is 436 g/mol. The molecule has 0 saturated heterocycles. The predicted molar refractivity (Wildman–Crippen MR) is 122 cm³/mol. The van der Waals surface area contributed by atoms with E-state index in [-0.39, 0.29) is 7.43 Å². The first-order valence-corrected chi connectivity index (χ1v) is 9.66. The molecule has 0 heterocycles. The third-order valence-electron chi connectivity index (χ3n) is 5.23. The molecule has 0 saturated carbocycles. The Morgan fingerprint density at radius 1 is 0.625 bits per heavy atom. The van der Waals surface area contributed by atoms with Crippen molar-refractivity contribution in [2.75, 3.05) is 14.2 Å². The predicted octanol–water partition coefficient (Wildman–Crippen LogP) is 6.28. The molecule has 3 aromatic rings. The van der Waals surface area contributed by atoms with Gasteiger partial charge in [-0.25, -0.2) is 9.59 Å². The highest BCUT2D eigenvalue weighted by molar-refractivity contribution is 5.64. The fourth-order valence-electron chi connectivity index (χ4n) is 3.38. The average Bonchev–Trinajstić information content (AvgIpc) is 2.79. The highest BCUT2D eigenvalue weighted by Gasteiger charge is 2.31. The molecule has 6 nitrogen and oxygen atoms in total. The first kappa shape index (κ1) is 24.5. The second-order valence-electron chi connectivity index (χ2n) is 7.15. The molecular weight excluding hydrogens is 408 g/mol. The van der Waals surface area contributed by atoms with Crippen LogP contribution >= 0.6 is 0 Å². The maximum Gasteiger partial charge on any atom is 0.513 e. The van der Waals surface area contributed by atoms with Gasteiger partial charge in [0.05, 0.1) is 14.2 Å². The van der Waals surface area contributed by atoms with Crippen molar-refractivity contribution in [3.63, 3.8) is 0 Å². The molecule has 0 bridgehead atoms. The zero-order valence-corrected chi connectivity index (χ0v) is 17.9. The lowest BCUT2D eigenvalue weighted by Crippen LogP contribution is -2.25. The number of carbonyl (C=O) groups is 2. The van der Waals surface area contributed by atoms with Gasteiger partial charge in [0.2, 0.25) is 0 Å². The smallest absolute Gasteiger partial charge is 0.437 e. The molecule has 0 unspecified atom stereocenters. The van der Waals surface area contributed by atoms with Crippen LogP contribution in [0.3, 0.4) is 0 Å². The lowest BCUT2D eigenvalue weighted by Gasteiger charge is -2.32. The van der Waals surface area contributed by atoms with E-state index >= 15 is 0 Å². The molecule has 3 aromatic carbocycles. The lowest BCUT2D eigenvalue weighted by molar-refractivity contribution is 0.120. The molecule has 0 fully saturated rings. The highest BCUT2D eigenvalue weighted by atomic mass is 16.7. The third-order valence-corrected chi connectivity index (χ3v) is 5.23. The van der Waals surface area contributed by atoms with Crippen molar-refractivity contribution in [2.24, 2.45) is 0 Å². The van der Waals surface area contributed by atoms with E-state index in [1.807, 2.05) is 31.2 Å². The molecule has 0 aliphatic heterocycles. The Hall–Kier alpha value is -3.80. The molecule has 3 rings (SSSR count). The average molecular weight is 437 g/mol. The fraction of sp³-hybridized carbons (Fsp3) is 0.231. The van der Waals surface area contributed by atoms with Gasteiger partial charge >= 0.3 is 12.3 Å². The number of aryl methyl sites for hydroxylation is 1. The van der Waals surface area contributed by atoms with Crippen LogP contribution in [0.1, 0.15) is 36.6 Å². The number of hydrogen-bond donors (Lipinski definition) is 0. The Morgan fingerprint density at radius 2 is 0.938 bits per heavy atom. The largest absolute Gasteiger partial charge is 0.513 e. The SMILES string of the molecule is C.COC(=O)Oc1ccc(C(C)(c2ccc(C)cc2)c2ccc(OC(=O)OC)cc2)cc1. The van der Waals surface area contributed by atoms with E-state index in [9.17, 15) is 9.59 Å². The van der Waals surface area contributed by atoms with Gasteiger partial charge in [0.1, 0.15) is 11.5 Å². The Kier molecular flexibility index (Phi) is 8.02. The Labute approximate surface area is 188 Å². The van der Waals surface area contributed by atoms with Crippen LogP contribution in [0.2, 0.25) is 0 Å². The Balaban J connectivity index is 0.00000363. The number of methoxy groups -OCH3 is 2. The van der Waals surface area contributed by atoms with E-state index in [1.54, 1.807) is 24.3 Å². The van der Waals surface area contributed by atoms with Crippen LogP contribution in [0, 0.1) is 6.92 Å². The standard InChI is InChI=1S/C25H24O6.CH4/c1-17-5-7-18(8-6-17)25(2,19-9-13-21(14-10-19)30-23(26)28-3)20-11-15-22(16-12-20)31-24(27)29-4;/h5-16H,1-4H3;1H4. The summed E-state index contributed by atoms with van der Waals surface area (Å²) >= 11 is 0. The third kappa shape index (κ3) is 5.27. The van der Waals surface area contributed by atoms with Crippen molar-refractivity contribution in [3.8, 4) is 11.5 Å². The zero-order valence-electron chi connectivity index (χ0n) is 17.9. The molecule has 32 heavy (non-hydrogen) atoms. The number of carbonyl (C=O) groups excluding carboxylic acids is 2. The van der Waals surface area contributed by atoms with E-state index in [1.165, 1.54) is 14.2 Å². The normalized spacial score (nSPS) is 10.5. The summed E-state index contributed by atoms with van der Waals surface area (Å²) in [5.41, 5.74) is 3.72. The van der Waals surface area contributed by atoms with Crippen LogP contribution in [0.4, 0.5) is 9.59 Å². The van der Waals surface area contributed by atoms with Crippen LogP contribution in [0.15, 0.2) is 72.8 Å². The maximum absolute atomic E-state index is 11.4. The molecule has 0 aliphatic carbocycles. The van der Waals surface area contributed by atoms with Crippen molar-refractivity contribution in [2.45, 2.75) is 26.7 Å². The minimum absolute atomic E-state index is 0. The molecule has 0 spiro atoms. The minimum atomic E-state index is -0.768. The van der Waals surface area contributed by atoms with Crippen molar-refractivity contribution in [1.82, 2.24) is 0 Å². The van der Waals surface area contributed by atoms with Crippen molar-refractivity contribution >= 4 is 12.3 Å². The number of benzene rings is 3. The van der Waals surface area contributed by atoms with Gasteiger partial charge in [-0.15, -0.1) is 0 Å². The van der Waals surface area contributed by atoms with Gasteiger partial charge in [0, 0.05) is 5.41 Å². The first-order chi connectivity index (χ1) is 14.9. The second kappa shape index (κ2) is 10.5. The summed E-state index contributed by atoms with van der Waals surface area (Å²) in [5, 5.41) is 0. The highest BCUT2D eigenvalue weighted by Crippen LogP contribution is 2.40. The van der Waals surface area contributed by atoms with Gasteiger partial charge in [0.15, 0.2) is 0 Å². The molecule has 0 aromatic heterocycles. The quantitative estimate of drug-likeness (QED) is 0.266. The van der Waals surface area contributed by atoms with Gasteiger partial charge < -0.3 is 18.9 Å². The number of ether oxygens (including phenoxy) is 4. The van der Waals surface area contributed by atoms with Gasteiger partial charge in [-0.2, -0.15) is 0 Å². The van der Waals surface area contributed by atoms with Gasteiger partial charge in [0.25, 0.3) is 0 Å². The van der Waals surface area contributed by atoms with Crippen LogP contribution in [0.25, 0.3) is 0 Å². The first-order valence-electron chi connectivity index (χ1n) is 9.66. The molecule has 0 aliphatic rings. The summed E-state index contributed by atoms with van der Waals surface area (Å²) in [4.78, 5) is 22.8. The summed E-state index contributed by atoms with van der Waals surface area (Å²) < 4.78 is 19.3. The number of hydrogen-bond acceptors (Lipinski definition) is 6. The lowest BCUT2D eigenvalue weighted by atomic mass is 9.71. The summed E-state index contributed by atoms with van der Waals surface area (Å²) in [6.07, 6.45) is -1.54. The second-order valence-corrected chi connectivity index (χ2v) is 7.15. The summed E-state index contributed by atoms with van der Waals surface area (Å²) in [6.45, 7) is 4.16. The van der Waals surface area contributed by atoms with Gasteiger partial charge in [-0.3, -0.25) is 0 Å². The Morgan fingerprint density at radius 3 is 1.25 bits per heavy atom. The van der Waals surface area contributed by atoms with Gasteiger partial charge in [-0.05, 0) is 54.8 Å². The molecular formula is C26H28O6. The van der Waals surface area contributed by atoms with E-state index in [0.29, 0.717) is 11.5 Å². The van der Waals surface area contributed by atoms with Crippen LogP contribution in [0.5, 0.6) is 11.5 Å². The van der Waals surface area contributed by atoms with Crippen molar-refractivity contribution in [3.05, 3.63) is 95.1 Å². The van der Waals surface area contributed by atoms with Crippen LogP contribution < -0.4 is 9.47 Å². The van der Waals surface area contributed by atoms with Crippen LogP contribution in [-0.4, -0.2) is 26.5 Å². The molecule has 0 atom stereocenters. The molecule has 168 valence electrons. The number of rotatable bonds is 5. The summed E-state index contributed by atoms with van der Waals surface area (Å²) in [6, 6.07) is 22.9. The van der Waals surface area contributed by atoms with Crippen LogP contribution in [-0.2, 0) is 14.9 Å².